The van der Waals surface area contributed by atoms with Crippen LogP contribution in [0.2, 0.25) is 0 Å². The molecule has 2 saturated heterocycles. The van der Waals surface area contributed by atoms with Gasteiger partial charge in [-0.1, -0.05) is 23.8 Å². The number of carbonyl (C=O) groups is 3. The number of nitrogens with zero attached hydrogens (tertiary/aromatic N) is 3. The van der Waals surface area contributed by atoms with Crippen LogP contribution >= 0.6 is 0 Å². The molecule has 0 saturated carbocycles. The van der Waals surface area contributed by atoms with Crippen molar-refractivity contribution in [3.05, 3.63) is 63.7 Å². The minimum Gasteiger partial charge on any atom is -0.342 e. The summed E-state index contributed by atoms with van der Waals surface area (Å²) in [6.07, 6.45) is 1.21. The molecule has 1 N–H and O–H groups in total. The van der Waals surface area contributed by atoms with E-state index in [2.05, 4.69) is 5.32 Å². The Morgan fingerprint density at radius 2 is 1.71 bits per heavy atom. The Morgan fingerprint density at radius 1 is 1.03 bits per heavy atom. The van der Waals surface area contributed by atoms with Crippen LogP contribution in [0.4, 0.5) is 17.1 Å². The molecule has 1 atom stereocenters. The average Bonchev–Trinajstić information content (AvgIpc) is 3.21. The molecule has 0 unspecified atom stereocenters. The maximum Gasteiger partial charge on any atom is 0.274 e. The van der Waals surface area contributed by atoms with Gasteiger partial charge in [0, 0.05) is 43.7 Å². The zero-order chi connectivity index (χ0) is 24.4. The number of amides is 3. The molecule has 0 aromatic heterocycles. The molecule has 2 heterocycles. The number of nitro groups is 1. The largest absolute Gasteiger partial charge is 0.342 e. The van der Waals surface area contributed by atoms with Crippen LogP contribution in [-0.4, -0.2) is 47.2 Å². The van der Waals surface area contributed by atoms with Gasteiger partial charge in [0.2, 0.25) is 17.7 Å². The van der Waals surface area contributed by atoms with Crippen molar-refractivity contribution in [1.82, 2.24) is 4.90 Å². The number of benzene rings is 2. The standard InChI is InChI=1S/C25H28N4O5/c1-16-6-8-20(9-7-16)28-15-19(14-23(28)30)25(32)27-12-10-18(11-13-27)24(31)26-21-4-3-5-22(17(21)2)29(33)34/h3-9,18-19H,10-15H2,1-2H3,(H,26,31)/t19-/m1/s1. The van der Waals surface area contributed by atoms with Crippen molar-refractivity contribution in [2.75, 3.05) is 29.9 Å². The van der Waals surface area contributed by atoms with Crippen LogP contribution in [0.5, 0.6) is 0 Å². The summed E-state index contributed by atoms with van der Waals surface area (Å²) < 4.78 is 0. The van der Waals surface area contributed by atoms with Crippen molar-refractivity contribution < 1.29 is 19.3 Å². The van der Waals surface area contributed by atoms with Crippen LogP contribution in [0.15, 0.2) is 42.5 Å². The normalized spacial score (nSPS) is 18.8. The van der Waals surface area contributed by atoms with E-state index >= 15 is 0 Å². The number of piperidine rings is 1. The molecule has 0 bridgehead atoms. The van der Waals surface area contributed by atoms with Gasteiger partial charge in [0.1, 0.15) is 0 Å². The van der Waals surface area contributed by atoms with E-state index in [1.54, 1.807) is 28.9 Å². The van der Waals surface area contributed by atoms with Crippen LogP contribution < -0.4 is 10.2 Å². The summed E-state index contributed by atoms with van der Waals surface area (Å²) in [5, 5.41) is 13.9. The second-order valence-electron chi connectivity index (χ2n) is 9.04. The zero-order valence-electron chi connectivity index (χ0n) is 19.3. The maximum absolute atomic E-state index is 13.1. The smallest absolute Gasteiger partial charge is 0.274 e. The molecule has 2 aliphatic rings. The quantitative estimate of drug-likeness (QED) is 0.538. The number of aryl methyl sites for hydroxylation is 1. The van der Waals surface area contributed by atoms with Gasteiger partial charge in [-0.25, -0.2) is 0 Å². The van der Waals surface area contributed by atoms with Crippen LogP contribution in [0.3, 0.4) is 0 Å². The van der Waals surface area contributed by atoms with E-state index in [9.17, 15) is 24.5 Å². The summed E-state index contributed by atoms with van der Waals surface area (Å²) in [6, 6.07) is 12.3. The first-order valence-corrected chi connectivity index (χ1v) is 11.4. The first-order valence-electron chi connectivity index (χ1n) is 11.4. The van der Waals surface area contributed by atoms with Crippen molar-refractivity contribution in [2.45, 2.75) is 33.1 Å². The van der Waals surface area contributed by atoms with Gasteiger partial charge in [0.05, 0.1) is 22.1 Å². The minimum absolute atomic E-state index is 0.0380. The summed E-state index contributed by atoms with van der Waals surface area (Å²) in [5.41, 5.74) is 2.72. The lowest BCUT2D eigenvalue weighted by Crippen LogP contribution is -2.44. The molecular formula is C25H28N4O5. The monoisotopic (exact) mass is 464 g/mol. The van der Waals surface area contributed by atoms with Crippen molar-refractivity contribution >= 4 is 34.8 Å². The Balaban J connectivity index is 1.32. The predicted molar refractivity (Wildman–Crippen MR) is 127 cm³/mol. The first kappa shape index (κ1) is 23.4. The van der Waals surface area contributed by atoms with Gasteiger partial charge in [-0.05, 0) is 44.9 Å². The Kier molecular flexibility index (Phi) is 6.63. The van der Waals surface area contributed by atoms with Gasteiger partial charge >= 0.3 is 0 Å². The highest BCUT2D eigenvalue weighted by atomic mass is 16.6. The molecule has 9 heteroatoms. The summed E-state index contributed by atoms with van der Waals surface area (Å²) in [4.78, 5) is 52.4. The van der Waals surface area contributed by atoms with Crippen LogP contribution in [0, 0.1) is 35.8 Å². The highest BCUT2D eigenvalue weighted by molar-refractivity contribution is 6.00. The Morgan fingerprint density at radius 3 is 2.35 bits per heavy atom. The molecule has 3 amide bonds. The molecular weight excluding hydrogens is 436 g/mol. The van der Waals surface area contributed by atoms with Gasteiger partial charge in [0.15, 0.2) is 0 Å². The molecule has 2 fully saturated rings. The lowest BCUT2D eigenvalue weighted by molar-refractivity contribution is -0.385. The van der Waals surface area contributed by atoms with Gasteiger partial charge in [0.25, 0.3) is 5.69 Å². The number of likely N-dealkylation sites (tertiary alicyclic amines) is 1. The van der Waals surface area contributed by atoms with Crippen molar-refractivity contribution in [1.29, 1.82) is 0 Å². The molecule has 4 rings (SSSR count). The SMILES string of the molecule is Cc1ccc(N2C[C@H](C(=O)N3CCC(C(=O)Nc4cccc([N+](=O)[O-])c4C)CC3)CC2=O)cc1. The fourth-order valence-corrected chi connectivity index (χ4v) is 4.66. The van der Waals surface area contributed by atoms with Crippen molar-refractivity contribution in [3.8, 4) is 0 Å². The lowest BCUT2D eigenvalue weighted by Gasteiger charge is -2.33. The number of rotatable bonds is 5. The van der Waals surface area contributed by atoms with Crippen molar-refractivity contribution in [2.24, 2.45) is 11.8 Å². The zero-order valence-corrected chi connectivity index (χ0v) is 19.3. The number of hydrogen-bond acceptors (Lipinski definition) is 5. The van der Waals surface area contributed by atoms with Crippen LogP contribution in [0.25, 0.3) is 0 Å². The molecule has 178 valence electrons. The molecule has 9 nitrogen and oxygen atoms in total. The second kappa shape index (κ2) is 9.62. The van der Waals surface area contributed by atoms with E-state index in [1.807, 2.05) is 31.2 Å². The van der Waals surface area contributed by atoms with Gasteiger partial charge < -0.3 is 15.1 Å². The molecule has 2 aromatic carbocycles. The van der Waals surface area contributed by atoms with E-state index in [0.29, 0.717) is 43.7 Å². The number of nitrogens with one attached hydrogen (secondary N) is 1. The van der Waals surface area contributed by atoms with Gasteiger partial charge in [-0.2, -0.15) is 0 Å². The molecule has 2 aromatic rings. The number of carbonyl (C=O) groups excluding carboxylic acids is 3. The fourth-order valence-electron chi connectivity index (χ4n) is 4.66. The fraction of sp³-hybridized carbons (Fsp3) is 0.400. The third-order valence-corrected chi connectivity index (χ3v) is 6.76. The number of anilines is 2. The van der Waals surface area contributed by atoms with E-state index in [1.165, 1.54) is 6.07 Å². The third kappa shape index (κ3) is 4.78. The summed E-state index contributed by atoms with van der Waals surface area (Å²) in [5.74, 6) is -0.957. The summed E-state index contributed by atoms with van der Waals surface area (Å²) >= 11 is 0. The second-order valence-corrected chi connectivity index (χ2v) is 9.04. The van der Waals surface area contributed by atoms with Crippen molar-refractivity contribution in [3.63, 3.8) is 0 Å². The highest BCUT2D eigenvalue weighted by Gasteiger charge is 2.38. The van der Waals surface area contributed by atoms with E-state index < -0.39 is 4.92 Å². The highest BCUT2D eigenvalue weighted by Crippen LogP contribution is 2.29. The molecule has 0 radical (unpaired) electrons. The number of hydrogen-bond donors (Lipinski definition) is 1. The molecule has 2 aliphatic heterocycles. The van der Waals surface area contributed by atoms with Gasteiger partial charge in [-0.15, -0.1) is 0 Å². The van der Waals surface area contributed by atoms with Crippen LogP contribution in [0.1, 0.15) is 30.4 Å². The predicted octanol–water partition coefficient (Wildman–Crippen LogP) is 3.44. The molecule has 0 spiro atoms. The average molecular weight is 465 g/mol. The van der Waals surface area contributed by atoms with E-state index in [4.69, 9.17) is 0 Å². The topological polar surface area (TPSA) is 113 Å². The summed E-state index contributed by atoms with van der Waals surface area (Å²) in [7, 11) is 0. The summed E-state index contributed by atoms with van der Waals surface area (Å²) in [6.45, 7) is 4.85. The van der Waals surface area contributed by atoms with E-state index in [0.717, 1.165) is 11.3 Å². The molecule has 0 aliphatic carbocycles. The Hall–Kier alpha value is -3.75. The lowest BCUT2D eigenvalue weighted by atomic mass is 9.94. The number of nitro benzene ring substituents is 1. The first-order chi connectivity index (χ1) is 16.2. The minimum atomic E-state index is -0.469. The van der Waals surface area contributed by atoms with E-state index in [-0.39, 0.29) is 41.7 Å². The van der Waals surface area contributed by atoms with Gasteiger partial charge in [-0.3, -0.25) is 24.5 Å². The Bertz CT molecular complexity index is 1120. The maximum atomic E-state index is 13.1. The third-order valence-electron chi connectivity index (χ3n) is 6.76. The molecule has 34 heavy (non-hydrogen) atoms. The Labute approximate surface area is 197 Å². The van der Waals surface area contributed by atoms with Crippen LogP contribution in [-0.2, 0) is 14.4 Å².